The van der Waals surface area contributed by atoms with Crippen LogP contribution in [-0.2, 0) is 4.74 Å². The van der Waals surface area contributed by atoms with Crippen LogP contribution in [0.2, 0.25) is 0 Å². The fourth-order valence-electron chi connectivity index (χ4n) is 1.70. The molecule has 2 heterocycles. The summed E-state index contributed by atoms with van der Waals surface area (Å²) in [5, 5.41) is 2.10. The lowest BCUT2D eigenvalue weighted by atomic mass is 10.0. The van der Waals surface area contributed by atoms with Crippen LogP contribution < -0.4 is 0 Å². The highest BCUT2D eigenvalue weighted by molar-refractivity contribution is 7.10. The summed E-state index contributed by atoms with van der Waals surface area (Å²) in [5.74, 6) is 0.588. The first kappa shape index (κ1) is 9.50. The molecule has 0 spiro atoms. The van der Waals surface area contributed by atoms with E-state index in [4.69, 9.17) is 16.3 Å². The molecule has 0 aliphatic carbocycles. The molecule has 1 aliphatic heterocycles. The molecular formula is C10H13ClOS. The number of ether oxygens (including phenoxy) is 1. The maximum absolute atomic E-state index is 6.33. The molecule has 0 amide bonds. The maximum Gasteiger partial charge on any atom is 0.0942 e. The van der Waals surface area contributed by atoms with Gasteiger partial charge < -0.3 is 4.74 Å². The van der Waals surface area contributed by atoms with Crippen LogP contribution in [0.4, 0.5) is 0 Å². The van der Waals surface area contributed by atoms with Crippen LogP contribution >= 0.6 is 22.9 Å². The first-order valence-electron chi connectivity index (χ1n) is 4.58. The highest BCUT2D eigenvalue weighted by Gasteiger charge is 2.32. The van der Waals surface area contributed by atoms with Crippen molar-refractivity contribution in [2.45, 2.75) is 24.8 Å². The molecule has 0 saturated carbocycles. The second-order valence-electron chi connectivity index (χ2n) is 3.52. The van der Waals surface area contributed by atoms with Crippen LogP contribution in [0, 0.1) is 5.92 Å². The molecule has 3 heteroatoms. The van der Waals surface area contributed by atoms with Crippen LogP contribution in [0.25, 0.3) is 0 Å². The molecule has 1 fully saturated rings. The van der Waals surface area contributed by atoms with Crippen molar-refractivity contribution < 1.29 is 4.74 Å². The van der Waals surface area contributed by atoms with Crippen LogP contribution in [0.15, 0.2) is 17.5 Å². The molecule has 0 aromatic carbocycles. The van der Waals surface area contributed by atoms with E-state index >= 15 is 0 Å². The molecule has 1 saturated heterocycles. The van der Waals surface area contributed by atoms with Crippen LogP contribution in [0.5, 0.6) is 0 Å². The number of halogens is 1. The summed E-state index contributed by atoms with van der Waals surface area (Å²) in [6, 6.07) is 4.12. The van der Waals surface area contributed by atoms with E-state index < -0.39 is 0 Å². The minimum absolute atomic E-state index is 0.0394. The SMILES string of the molecule is CC1CCOC1C(Cl)c1cccs1. The molecule has 0 N–H and O–H groups in total. The lowest BCUT2D eigenvalue weighted by Crippen LogP contribution is -2.18. The molecule has 1 aliphatic rings. The van der Waals surface area contributed by atoms with E-state index in [9.17, 15) is 0 Å². The first-order valence-corrected chi connectivity index (χ1v) is 5.89. The first-order chi connectivity index (χ1) is 6.29. The minimum Gasteiger partial charge on any atom is -0.376 e. The van der Waals surface area contributed by atoms with E-state index in [1.165, 1.54) is 4.88 Å². The van der Waals surface area contributed by atoms with Crippen molar-refractivity contribution in [3.05, 3.63) is 22.4 Å². The third-order valence-corrected chi connectivity index (χ3v) is 4.12. The Morgan fingerprint density at radius 3 is 3.08 bits per heavy atom. The monoisotopic (exact) mass is 216 g/mol. The van der Waals surface area contributed by atoms with Gasteiger partial charge in [0.25, 0.3) is 0 Å². The second kappa shape index (κ2) is 3.99. The Hall–Kier alpha value is -0.0500. The Kier molecular flexibility index (Phi) is 2.92. The summed E-state index contributed by atoms with van der Waals surface area (Å²) in [6.07, 6.45) is 1.35. The number of alkyl halides is 1. The van der Waals surface area contributed by atoms with Gasteiger partial charge in [0, 0.05) is 11.5 Å². The number of thiophene rings is 1. The van der Waals surface area contributed by atoms with E-state index in [1.54, 1.807) is 11.3 Å². The van der Waals surface area contributed by atoms with Gasteiger partial charge in [0.15, 0.2) is 0 Å². The van der Waals surface area contributed by atoms with Crippen LogP contribution in [0.1, 0.15) is 23.6 Å². The normalized spacial score (nSPS) is 30.6. The molecular weight excluding hydrogens is 204 g/mol. The lowest BCUT2D eigenvalue weighted by Gasteiger charge is -2.19. The van der Waals surface area contributed by atoms with E-state index in [-0.39, 0.29) is 11.5 Å². The maximum atomic E-state index is 6.33. The molecule has 72 valence electrons. The van der Waals surface area contributed by atoms with Crippen molar-refractivity contribution in [1.29, 1.82) is 0 Å². The molecule has 1 aromatic heterocycles. The summed E-state index contributed by atoms with van der Waals surface area (Å²) >= 11 is 8.04. The van der Waals surface area contributed by atoms with Crippen LogP contribution in [0.3, 0.4) is 0 Å². The van der Waals surface area contributed by atoms with E-state index in [0.717, 1.165) is 13.0 Å². The van der Waals surface area contributed by atoms with Crippen molar-refractivity contribution in [2.75, 3.05) is 6.61 Å². The van der Waals surface area contributed by atoms with Gasteiger partial charge in [-0.1, -0.05) is 13.0 Å². The number of rotatable bonds is 2. The molecule has 3 unspecified atom stereocenters. The number of hydrogen-bond donors (Lipinski definition) is 0. The Balaban J connectivity index is 2.08. The zero-order valence-corrected chi connectivity index (χ0v) is 9.15. The zero-order valence-electron chi connectivity index (χ0n) is 7.57. The predicted molar refractivity (Wildman–Crippen MR) is 56.4 cm³/mol. The minimum atomic E-state index is 0.0394. The molecule has 1 nitrogen and oxygen atoms in total. The highest BCUT2D eigenvalue weighted by Crippen LogP contribution is 2.37. The van der Waals surface area contributed by atoms with Gasteiger partial charge >= 0.3 is 0 Å². The fraction of sp³-hybridized carbons (Fsp3) is 0.600. The van der Waals surface area contributed by atoms with Gasteiger partial charge in [-0.2, -0.15) is 0 Å². The molecule has 3 atom stereocenters. The lowest BCUT2D eigenvalue weighted by molar-refractivity contribution is 0.0910. The topological polar surface area (TPSA) is 9.23 Å². The van der Waals surface area contributed by atoms with Gasteiger partial charge in [-0.05, 0) is 23.8 Å². The van der Waals surface area contributed by atoms with Crippen molar-refractivity contribution in [2.24, 2.45) is 5.92 Å². The fourth-order valence-corrected chi connectivity index (χ4v) is 2.99. The van der Waals surface area contributed by atoms with Crippen LogP contribution in [-0.4, -0.2) is 12.7 Å². The van der Waals surface area contributed by atoms with Gasteiger partial charge in [-0.3, -0.25) is 0 Å². The average Bonchev–Trinajstić information content (AvgIpc) is 2.72. The third-order valence-electron chi connectivity index (χ3n) is 2.55. The molecule has 2 rings (SSSR count). The molecule has 0 bridgehead atoms. The van der Waals surface area contributed by atoms with Crippen molar-refractivity contribution >= 4 is 22.9 Å². The predicted octanol–water partition coefficient (Wildman–Crippen LogP) is 3.45. The van der Waals surface area contributed by atoms with Gasteiger partial charge in [0.05, 0.1) is 11.5 Å². The van der Waals surface area contributed by atoms with Crippen molar-refractivity contribution in [3.63, 3.8) is 0 Å². The second-order valence-corrected chi connectivity index (χ2v) is 4.97. The Morgan fingerprint density at radius 2 is 2.54 bits per heavy atom. The Labute approximate surface area is 87.7 Å². The van der Waals surface area contributed by atoms with Gasteiger partial charge in [0.2, 0.25) is 0 Å². The summed E-state index contributed by atoms with van der Waals surface area (Å²) in [5.41, 5.74) is 0. The van der Waals surface area contributed by atoms with E-state index in [1.807, 2.05) is 6.07 Å². The Morgan fingerprint density at radius 1 is 1.69 bits per heavy atom. The quantitative estimate of drug-likeness (QED) is 0.689. The smallest absolute Gasteiger partial charge is 0.0942 e. The van der Waals surface area contributed by atoms with Crippen molar-refractivity contribution in [3.8, 4) is 0 Å². The summed E-state index contributed by atoms with van der Waals surface area (Å²) < 4.78 is 5.63. The molecule has 13 heavy (non-hydrogen) atoms. The number of hydrogen-bond acceptors (Lipinski definition) is 2. The van der Waals surface area contributed by atoms with E-state index in [2.05, 4.69) is 18.4 Å². The van der Waals surface area contributed by atoms with E-state index in [0.29, 0.717) is 5.92 Å². The zero-order chi connectivity index (χ0) is 9.26. The molecule has 1 aromatic rings. The Bertz CT molecular complexity index is 260. The summed E-state index contributed by atoms with van der Waals surface area (Å²) in [4.78, 5) is 1.22. The standard InChI is InChI=1S/C10H13ClOS/c1-7-4-5-12-10(7)9(11)8-3-2-6-13-8/h2-3,6-7,9-10H,4-5H2,1H3. The largest absolute Gasteiger partial charge is 0.376 e. The van der Waals surface area contributed by atoms with Crippen molar-refractivity contribution in [1.82, 2.24) is 0 Å². The molecule has 0 radical (unpaired) electrons. The van der Waals surface area contributed by atoms with Gasteiger partial charge in [-0.25, -0.2) is 0 Å². The summed E-state index contributed by atoms with van der Waals surface area (Å²) in [6.45, 7) is 3.07. The third kappa shape index (κ3) is 1.90. The summed E-state index contributed by atoms with van der Waals surface area (Å²) in [7, 11) is 0. The van der Waals surface area contributed by atoms with Gasteiger partial charge in [-0.15, -0.1) is 22.9 Å². The highest BCUT2D eigenvalue weighted by atomic mass is 35.5. The average molecular weight is 217 g/mol. The van der Waals surface area contributed by atoms with Gasteiger partial charge in [0.1, 0.15) is 0 Å².